The lowest BCUT2D eigenvalue weighted by Gasteiger charge is -2.45. The highest BCUT2D eigenvalue weighted by Gasteiger charge is 2.39. The van der Waals surface area contributed by atoms with Crippen molar-refractivity contribution in [3.8, 4) is 0 Å². The Hall–Kier alpha value is -1.40. The zero-order valence-corrected chi connectivity index (χ0v) is 12.8. The van der Waals surface area contributed by atoms with E-state index in [0.29, 0.717) is 25.4 Å². The van der Waals surface area contributed by atoms with E-state index in [4.69, 9.17) is 4.74 Å². The van der Waals surface area contributed by atoms with Crippen molar-refractivity contribution in [2.24, 2.45) is 0 Å². The lowest BCUT2D eigenvalue weighted by molar-refractivity contribution is -0.114. The smallest absolute Gasteiger partial charge is 0.272 e. The van der Waals surface area contributed by atoms with E-state index < -0.39 is 0 Å². The van der Waals surface area contributed by atoms with Crippen molar-refractivity contribution in [3.05, 3.63) is 18.0 Å². The molecule has 1 aromatic heterocycles. The molecule has 0 bridgehead atoms. The molecule has 21 heavy (non-hydrogen) atoms. The summed E-state index contributed by atoms with van der Waals surface area (Å²) in [6, 6.07) is 2.00. The van der Waals surface area contributed by atoms with Crippen LogP contribution < -0.4 is 5.32 Å². The zero-order chi connectivity index (χ0) is 14.9. The van der Waals surface area contributed by atoms with Gasteiger partial charge in [0.1, 0.15) is 5.69 Å². The summed E-state index contributed by atoms with van der Waals surface area (Å²) in [7, 11) is 0. The van der Waals surface area contributed by atoms with Crippen LogP contribution in [-0.4, -0.2) is 59.0 Å². The quantitative estimate of drug-likeness (QED) is 0.885. The molecular weight excluding hydrogens is 268 g/mol. The number of ether oxygens (including phenoxy) is 1. The first-order chi connectivity index (χ1) is 10.1. The van der Waals surface area contributed by atoms with Crippen molar-refractivity contribution >= 4 is 5.91 Å². The Kier molecular flexibility index (Phi) is 3.99. The van der Waals surface area contributed by atoms with Crippen LogP contribution in [0.15, 0.2) is 12.3 Å². The molecule has 1 spiro atoms. The molecule has 2 aliphatic heterocycles. The molecule has 6 nitrogen and oxygen atoms in total. The van der Waals surface area contributed by atoms with E-state index in [-0.39, 0.29) is 17.6 Å². The minimum atomic E-state index is -0.151. The number of morpholine rings is 1. The summed E-state index contributed by atoms with van der Waals surface area (Å²) < 4.78 is 7.82. The number of nitrogens with one attached hydrogen (secondary N) is 1. The van der Waals surface area contributed by atoms with Gasteiger partial charge in [-0.1, -0.05) is 0 Å². The molecule has 0 saturated carbocycles. The molecule has 0 atom stereocenters. The number of hydrogen-bond donors (Lipinski definition) is 1. The van der Waals surface area contributed by atoms with Gasteiger partial charge in [-0.3, -0.25) is 9.48 Å². The summed E-state index contributed by atoms with van der Waals surface area (Å²) in [6.45, 7) is 7.99. The third-order valence-corrected chi connectivity index (χ3v) is 4.43. The second-order valence-electron chi connectivity index (χ2n) is 6.26. The lowest BCUT2D eigenvalue weighted by atomic mass is 9.90. The third kappa shape index (κ3) is 2.82. The van der Waals surface area contributed by atoms with Gasteiger partial charge in [0.2, 0.25) is 0 Å². The molecule has 0 aliphatic carbocycles. The van der Waals surface area contributed by atoms with Gasteiger partial charge in [0.05, 0.1) is 18.8 Å². The van der Waals surface area contributed by atoms with Crippen LogP contribution in [0.25, 0.3) is 0 Å². The number of aromatic nitrogens is 2. The van der Waals surface area contributed by atoms with Crippen LogP contribution in [0.1, 0.15) is 43.2 Å². The van der Waals surface area contributed by atoms with E-state index in [9.17, 15) is 4.79 Å². The van der Waals surface area contributed by atoms with Crippen molar-refractivity contribution in [1.29, 1.82) is 0 Å². The maximum Gasteiger partial charge on any atom is 0.272 e. The Bertz CT molecular complexity index is 500. The van der Waals surface area contributed by atoms with Gasteiger partial charge in [0.25, 0.3) is 5.91 Å². The van der Waals surface area contributed by atoms with Gasteiger partial charge in [0.15, 0.2) is 0 Å². The van der Waals surface area contributed by atoms with Crippen molar-refractivity contribution in [3.63, 3.8) is 0 Å². The molecule has 1 N–H and O–H groups in total. The van der Waals surface area contributed by atoms with Gasteiger partial charge in [-0.2, -0.15) is 5.10 Å². The first kappa shape index (κ1) is 14.5. The minimum Gasteiger partial charge on any atom is -0.371 e. The molecule has 116 valence electrons. The van der Waals surface area contributed by atoms with Crippen LogP contribution in [0.3, 0.4) is 0 Å². The van der Waals surface area contributed by atoms with Gasteiger partial charge in [0, 0.05) is 18.8 Å². The number of rotatable bonds is 2. The fraction of sp³-hybridized carbons (Fsp3) is 0.733. The van der Waals surface area contributed by atoms with Gasteiger partial charge in [-0.05, 0) is 45.8 Å². The Morgan fingerprint density at radius 1 is 1.43 bits per heavy atom. The molecule has 3 heterocycles. The van der Waals surface area contributed by atoms with E-state index >= 15 is 0 Å². The molecule has 2 saturated heterocycles. The molecule has 3 rings (SSSR count). The summed E-state index contributed by atoms with van der Waals surface area (Å²) in [6.07, 6.45) is 3.65. The highest BCUT2D eigenvalue weighted by Crippen LogP contribution is 2.28. The summed E-state index contributed by atoms with van der Waals surface area (Å²) >= 11 is 0. The van der Waals surface area contributed by atoms with Crippen molar-refractivity contribution in [1.82, 2.24) is 20.0 Å². The van der Waals surface area contributed by atoms with Crippen molar-refractivity contribution < 1.29 is 9.53 Å². The van der Waals surface area contributed by atoms with Crippen molar-refractivity contribution in [2.75, 3.05) is 32.8 Å². The summed E-state index contributed by atoms with van der Waals surface area (Å²) in [5.41, 5.74) is 0.526. The van der Waals surface area contributed by atoms with Crippen LogP contribution in [-0.2, 0) is 4.74 Å². The maximum atomic E-state index is 12.8. The largest absolute Gasteiger partial charge is 0.371 e. The Labute approximate surface area is 125 Å². The SMILES string of the molecule is CC(C)n1nccc1C(=O)N1CCOC2(CCNCC2)C1. The normalized spacial score (nSPS) is 22.0. The summed E-state index contributed by atoms with van der Waals surface area (Å²) in [5, 5.41) is 7.62. The van der Waals surface area contributed by atoms with Crippen LogP contribution >= 0.6 is 0 Å². The van der Waals surface area contributed by atoms with Gasteiger partial charge in [-0.15, -0.1) is 0 Å². The Morgan fingerprint density at radius 3 is 2.90 bits per heavy atom. The number of nitrogens with zero attached hydrogens (tertiary/aromatic N) is 3. The number of carbonyl (C=O) groups excluding carboxylic acids is 1. The van der Waals surface area contributed by atoms with Crippen LogP contribution in [0.5, 0.6) is 0 Å². The van der Waals surface area contributed by atoms with E-state index in [0.717, 1.165) is 25.9 Å². The highest BCUT2D eigenvalue weighted by molar-refractivity contribution is 5.92. The molecular formula is C15H24N4O2. The highest BCUT2D eigenvalue weighted by atomic mass is 16.5. The molecule has 2 fully saturated rings. The lowest BCUT2D eigenvalue weighted by Crippen LogP contribution is -2.57. The monoisotopic (exact) mass is 292 g/mol. The molecule has 0 unspecified atom stereocenters. The van der Waals surface area contributed by atoms with E-state index in [1.165, 1.54) is 0 Å². The average Bonchev–Trinajstić information content (AvgIpc) is 2.97. The molecule has 6 heteroatoms. The van der Waals surface area contributed by atoms with Gasteiger partial charge in [-0.25, -0.2) is 0 Å². The van der Waals surface area contributed by atoms with Crippen molar-refractivity contribution in [2.45, 2.75) is 38.3 Å². The average molecular weight is 292 g/mol. The maximum absolute atomic E-state index is 12.8. The topological polar surface area (TPSA) is 59.4 Å². The van der Waals surface area contributed by atoms with Gasteiger partial charge < -0.3 is 15.0 Å². The fourth-order valence-corrected chi connectivity index (χ4v) is 3.26. The third-order valence-electron chi connectivity index (χ3n) is 4.43. The molecule has 2 aliphatic rings. The minimum absolute atomic E-state index is 0.0717. The predicted molar refractivity (Wildman–Crippen MR) is 79.3 cm³/mol. The first-order valence-corrected chi connectivity index (χ1v) is 7.79. The molecule has 1 amide bonds. The molecule has 0 radical (unpaired) electrons. The number of amides is 1. The number of hydrogen-bond acceptors (Lipinski definition) is 4. The first-order valence-electron chi connectivity index (χ1n) is 7.79. The standard InChI is InChI=1S/C15H24N4O2/c1-12(2)19-13(3-6-17-19)14(20)18-9-10-21-15(11-18)4-7-16-8-5-15/h3,6,12,16H,4-5,7-11H2,1-2H3. The zero-order valence-electron chi connectivity index (χ0n) is 12.8. The summed E-state index contributed by atoms with van der Waals surface area (Å²) in [4.78, 5) is 14.7. The van der Waals surface area contributed by atoms with E-state index in [1.54, 1.807) is 10.9 Å². The van der Waals surface area contributed by atoms with Gasteiger partial charge >= 0.3 is 0 Å². The number of carbonyl (C=O) groups is 1. The Balaban J connectivity index is 1.76. The summed E-state index contributed by atoms with van der Waals surface area (Å²) in [5.74, 6) is 0.0717. The van der Waals surface area contributed by atoms with Crippen LogP contribution in [0, 0.1) is 0 Å². The molecule has 0 aromatic carbocycles. The fourth-order valence-electron chi connectivity index (χ4n) is 3.26. The Morgan fingerprint density at radius 2 is 2.19 bits per heavy atom. The second kappa shape index (κ2) is 5.77. The van der Waals surface area contributed by atoms with E-state index in [2.05, 4.69) is 10.4 Å². The van der Waals surface area contributed by atoms with Crippen LogP contribution in [0.4, 0.5) is 0 Å². The predicted octanol–water partition coefficient (Wildman–Crippen LogP) is 1.06. The second-order valence-corrected chi connectivity index (χ2v) is 6.26. The molecule has 1 aromatic rings. The van der Waals surface area contributed by atoms with E-state index in [1.807, 2.05) is 24.8 Å². The number of piperidine rings is 1. The van der Waals surface area contributed by atoms with Crippen LogP contribution in [0.2, 0.25) is 0 Å².